The van der Waals surface area contributed by atoms with Gasteiger partial charge in [0, 0.05) is 29.4 Å². The van der Waals surface area contributed by atoms with Crippen molar-refractivity contribution in [3.63, 3.8) is 0 Å². The molecule has 0 fully saturated rings. The highest BCUT2D eigenvalue weighted by atomic mass is 35.5. The largest absolute Gasteiger partial charge is 0.390 e. The third kappa shape index (κ3) is 3.87. The van der Waals surface area contributed by atoms with E-state index in [1.165, 1.54) is 17.4 Å². The highest BCUT2D eigenvalue weighted by Gasteiger charge is 2.19. The summed E-state index contributed by atoms with van der Waals surface area (Å²) in [5, 5.41) is 9.31. The van der Waals surface area contributed by atoms with Crippen molar-refractivity contribution in [2.45, 2.75) is 37.9 Å². The van der Waals surface area contributed by atoms with E-state index in [-0.39, 0.29) is 24.1 Å². The van der Waals surface area contributed by atoms with E-state index >= 15 is 0 Å². The highest BCUT2D eigenvalue weighted by Crippen LogP contribution is 2.23. The predicted octanol–water partition coefficient (Wildman–Crippen LogP) is 2.75. The molecule has 2 aromatic heterocycles. The average Bonchev–Trinajstić information content (AvgIpc) is 3.02. The van der Waals surface area contributed by atoms with Crippen LogP contribution in [0.15, 0.2) is 29.3 Å². The van der Waals surface area contributed by atoms with Gasteiger partial charge < -0.3 is 9.67 Å². The zero-order valence-electron chi connectivity index (χ0n) is 11.7. The second-order valence-electron chi connectivity index (χ2n) is 4.86. The van der Waals surface area contributed by atoms with Gasteiger partial charge in [-0.3, -0.25) is 0 Å². The Hall–Kier alpha value is -0.860. The average molecular weight is 349 g/mol. The number of halogens is 1. The quantitative estimate of drug-likeness (QED) is 0.843. The van der Waals surface area contributed by atoms with E-state index in [2.05, 4.69) is 4.72 Å². The van der Waals surface area contributed by atoms with Gasteiger partial charge in [0.2, 0.25) is 10.0 Å². The van der Waals surface area contributed by atoms with Crippen LogP contribution in [0.5, 0.6) is 0 Å². The van der Waals surface area contributed by atoms with Crippen LogP contribution in [0.25, 0.3) is 0 Å². The molecular formula is C13H17ClN2O3S2. The van der Waals surface area contributed by atoms with E-state index in [1.807, 2.05) is 13.8 Å². The molecule has 0 unspecified atom stereocenters. The van der Waals surface area contributed by atoms with Gasteiger partial charge in [0.05, 0.1) is 15.8 Å². The summed E-state index contributed by atoms with van der Waals surface area (Å²) >= 11 is 7.15. The first kappa shape index (κ1) is 16.5. The Morgan fingerprint density at radius 3 is 2.62 bits per heavy atom. The van der Waals surface area contributed by atoms with Crippen LogP contribution in [0.3, 0.4) is 0 Å². The molecule has 0 aliphatic rings. The second kappa shape index (κ2) is 6.50. The predicted molar refractivity (Wildman–Crippen MR) is 84.1 cm³/mol. The number of hydrogen-bond acceptors (Lipinski definition) is 4. The van der Waals surface area contributed by atoms with Gasteiger partial charge in [0.25, 0.3) is 0 Å². The highest BCUT2D eigenvalue weighted by molar-refractivity contribution is 7.89. The lowest BCUT2D eigenvalue weighted by Gasteiger charge is -2.10. The molecule has 21 heavy (non-hydrogen) atoms. The van der Waals surface area contributed by atoms with Crippen LogP contribution in [0.1, 0.15) is 30.5 Å². The Balaban J connectivity index is 2.19. The van der Waals surface area contributed by atoms with Crippen molar-refractivity contribution >= 4 is 33.0 Å². The number of aromatic nitrogens is 1. The van der Waals surface area contributed by atoms with Crippen molar-refractivity contribution in [2.75, 3.05) is 0 Å². The van der Waals surface area contributed by atoms with Crippen molar-refractivity contribution in [1.29, 1.82) is 0 Å². The molecule has 0 bridgehead atoms. The van der Waals surface area contributed by atoms with Crippen molar-refractivity contribution in [1.82, 2.24) is 9.29 Å². The van der Waals surface area contributed by atoms with Crippen molar-refractivity contribution in [3.05, 3.63) is 39.3 Å². The fourth-order valence-electron chi connectivity index (χ4n) is 1.95. The van der Waals surface area contributed by atoms with E-state index in [9.17, 15) is 13.5 Å². The number of rotatable bonds is 6. The van der Waals surface area contributed by atoms with Crippen LogP contribution in [-0.4, -0.2) is 18.1 Å². The van der Waals surface area contributed by atoms with Gasteiger partial charge in [-0.25, -0.2) is 13.1 Å². The first-order valence-electron chi connectivity index (χ1n) is 6.39. The fraction of sp³-hybridized carbons (Fsp3) is 0.385. The standard InChI is InChI=1S/C13H17ClN2O3S2/c1-9(2)16-7-12(5-10(16)8-17)21(18,19)15-6-11-3-4-13(14)20-11/h3-5,7,9,15,17H,6,8H2,1-2H3. The summed E-state index contributed by atoms with van der Waals surface area (Å²) in [6, 6.07) is 5.08. The van der Waals surface area contributed by atoms with Gasteiger partial charge in [-0.15, -0.1) is 11.3 Å². The monoisotopic (exact) mass is 348 g/mol. The minimum atomic E-state index is -3.61. The number of hydrogen-bond donors (Lipinski definition) is 2. The van der Waals surface area contributed by atoms with Gasteiger partial charge in [-0.2, -0.15) is 0 Å². The number of aliphatic hydroxyl groups excluding tert-OH is 1. The molecule has 2 rings (SSSR count). The molecule has 0 amide bonds. The van der Waals surface area contributed by atoms with Gasteiger partial charge in [-0.05, 0) is 32.0 Å². The lowest BCUT2D eigenvalue weighted by molar-refractivity contribution is 0.268. The molecule has 8 heteroatoms. The summed E-state index contributed by atoms with van der Waals surface area (Å²) < 4.78 is 29.5. The third-order valence-corrected chi connectivity index (χ3v) is 5.60. The van der Waals surface area contributed by atoms with Crippen LogP contribution in [0, 0.1) is 0 Å². The van der Waals surface area contributed by atoms with Crippen molar-refractivity contribution in [2.24, 2.45) is 0 Å². The Labute approximate surface area is 133 Å². The van der Waals surface area contributed by atoms with E-state index in [4.69, 9.17) is 11.6 Å². The van der Waals surface area contributed by atoms with E-state index in [1.54, 1.807) is 22.9 Å². The molecule has 0 atom stereocenters. The zero-order valence-corrected chi connectivity index (χ0v) is 14.1. The second-order valence-corrected chi connectivity index (χ2v) is 8.42. The Bertz CT molecular complexity index is 720. The summed E-state index contributed by atoms with van der Waals surface area (Å²) in [6.07, 6.45) is 1.54. The molecule has 0 aliphatic carbocycles. The fourth-order valence-corrected chi connectivity index (χ4v) is 4.12. The molecule has 2 aromatic rings. The minimum Gasteiger partial charge on any atom is -0.390 e. The molecule has 116 valence electrons. The van der Waals surface area contributed by atoms with Crippen LogP contribution in [0.4, 0.5) is 0 Å². The Morgan fingerprint density at radius 2 is 2.14 bits per heavy atom. The maximum atomic E-state index is 12.3. The zero-order chi connectivity index (χ0) is 15.6. The summed E-state index contributed by atoms with van der Waals surface area (Å²) in [5.74, 6) is 0. The van der Waals surface area contributed by atoms with Gasteiger partial charge in [-0.1, -0.05) is 11.6 Å². The number of sulfonamides is 1. The van der Waals surface area contributed by atoms with E-state index in [0.717, 1.165) is 4.88 Å². The Morgan fingerprint density at radius 1 is 1.43 bits per heavy atom. The maximum absolute atomic E-state index is 12.3. The molecule has 0 aromatic carbocycles. The number of nitrogens with one attached hydrogen (secondary N) is 1. The molecule has 0 aliphatic heterocycles. The smallest absolute Gasteiger partial charge is 0.242 e. The van der Waals surface area contributed by atoms with E-state index in [0.29, 0.717) is 10.0 Å². The van der Waals surface area contributed by atoms with Gasteiger partial charge >= 0.3 is 0 Å². The van der Waals surface area contributed by atoms with Gasteiger partial charge in [0.1, 0.15) is 0 Å². The van der Waals surface area contributed by atoms with Crippen LogP contribution >= 0.6 is 22.9 Å². The molecule has 5 nitrogen and oxygen atoms in total. The lowest BCUT2D eigenvalue weighted by atomic mass is 10.3. The molecule has 0 radical (unpaired) electrons. The topological polar surface area (TPSA) is 71.3 Å². The molecule has 2 heterocycles. The number of nitrogens with zero attached hydrogens (tertiary/aromatic N) is 1. The number of thiophene rings is 1. The summed E-state index contributed by atoms with van der Waals surface area (Å²) in [7, 11) is -3.61. The van der Waals surface area contributed by atoms with Crippen LogP contribution in [0.2, 0.25) is 4.34 Å². The SMILES string of the molecule is CC(C)n1cc(S(=O)(=O)NCc2ccc(Cl)s2)cc1CO. The molecule has 2 N–H and O–H groups in total. The summed E-state index contributed by atoms with van der Waals surface area (Å²) in [5.41, 5.74) is 0.574. The van der Waals surface area contributed by atoms with Crippen molar-refractivity contribution < 1.29 is 13.5 Å². The minimum absolute atomic E-state index is 0.0761. The molecule has 0 saturated heterocycles. The Kier molecular flexibility index (Phi) is 5.11. The number of aliphatic hydroxyl groups is 1. The lowest BCUT2D eigenvalue weighted by Crippen LogP contribution is -2.22. The maximum Gasteiger partial charge on any atom is 0.242 e. The summed E-state index contributed by atoms with van der Waals surface area (Å²) in [6.45, 7) is 3.85. The van der Waals surface area contributed by atoms with Crippen molar-refractivity contribution in [3.8, 4) is 0 Å². The molecular weight excluding hydrogens is 332 g/mol. The van der Waals surface area contributed by atoms with Crippen LogP contribution < -0.4 is 4.72 Å². The van der Waals surface area contributed by atoms with Gasteiger partial charge in [0.15, 0.2) is 0 Å². The molecule has 0 spiro atoms. The normalized spacial score (nSPS) is 12.2. The molecule has 0 saturated carbocycles. The first-order valence-corrected chi connectivity index (χ1v) is 9.06. The third-order valence-electron chi connectivity index (χ3n) is 3.00. The van der Waals surface area contributed by atoms with E-state index < -0.39 is 10.0 Å². The summed E-state index contributed by atoms with van der Waals surface area (Å²) in [4.78, 5) is 0.997. The van der Waals surface area contributed by atoms with Crippen LogP contribution in [-0.2, 0) is 23.2 Å². The first-order chi connectivity index (χ1) is 9.83.